The van der Waals surface area contributed by atoms with Crippen molar-refractivity contribution in [1.29, 1.82) is 0 Å². The van der Waals surface area contributed by atoms with E-state index in [9.17, 15) is 24.3 Å². The number of carbonyl (C=O) groups is 4. The predicted octanol–water partition coefficient (Wildman–Crippen LogP) is -1.50. The van der Waals surface area contributed by atoms with Crippen LogP contribution in [0.2, 0.25) is 0 Å². The van der Waals surface area contributed by atoms with Gasteiger partial charge in [-0.3, -0.25) is 14.4 Å². The van der Waals surface area contributed by atoms with Crippen LogP contribution < -0.4 is 27.4 Å². The first-order valence-corrected chi connectivity index (χ1v) is 10.7. The van der Waals surface area contributed by atoms with E-state index in [4.69, 9.17) is 11.5 Å². The summed E-state index contributed by atoms with van der Waals surface area (Å²) in [6.45, 7) is 3.85. The normalized spacial score (nSPS) is 15.1. The van der Waals surface area contributed by atoms with Gasteiger partial charge in [0.05, 0.1) is 6.04 Å². The highest BCUT2D eigenvalue weighted by Gasteiger charge is 2.31. The van der Waals surface area contributed by atoms with Crippen molar-refractivity contribution in [2.45, 2.75) is 57.3 Å². The zero-order valence-corrected chi connectivity index (χ0v) is 18.5. The molecular weight excluding hydrogens is 418 g/mol. The van der Waals surface area contributed by atoms with Gasteiger partial charge in [0.2, 0.25) is 17.7 Å². The number of carbonyl (C=O) groups excluding carboxylic acids is 3. The van der Waals surface area contributed by atoms with Crippen molar-refractivity contribution in [3.63, 3.8) is 0 Å². The number of thiol groups is 2. The maximum atomic E-state index is 12.6. The Labute approximate surface area is 182 Å². The first-order chi connectivity index (χ1) is 13.6. The Hall–Kier alpha value is -1.50. The van der Waals surface area contributed by atoms with Crippen LogP contribution in [0, 0.1) is 5.92 Å². The Bertz CT molecular complexity index is 564. The fourth-order valence-electron chi connectivity index (χ4n) is 2.36. The molecule has 0 aliphatic heterocycles. The molecule has 0 fully saturated rings. The number of carboxylic acid groups (broad SMARTS) is 1. The van der Waals surface area contributed by atoms with Crippen molar-refractivity contribution < 1.29 is 24.3 Å². The minimum absolute atomic E-state index is 0.0138. The van der Waals surface area contributed by atoms with E-state index in [2.05, 4.69) is 41.2 Å². The van der Waals surface area contributed by atoms with Gasteiger partial charge in [0, 0.05) is 11.5 Å². The van der Waals surface area contributed by atoms with Crippen LogP contribution in [0.3, 0.4) is 0 Å². The van der Waals surface area contributed by atoms with Crippen molar-refractivity contribution in [1.82, 2.24) is 16.0 Å². The molecule has 168 valence electrons. The predicted molar refractivity (Wildman–Crippen MR) is 117 cm³/mol. The molecule has 0 rings (SSSR count). The molecule has 4 unspecified atom stereocenters. The average Bonchev–Trinajstić information content (AvgIpc) is 2.67. The maximum Gasteiger partial charge on any atom is 0.326 e. The van der Waals surface area contributed by atoms with Crippen LogP contribution in [0.5, 0.6) is 0 Å². The third-order valence-electron chi connectivity index (χ3n) is 4.16. The highest BCUT2D eigenvalue weighted by molar-refractivity contribution is 7.80. The van der Waals surface area contributed by atoms with E-state index in [0.717, 1.165) is 0 Å². The van der Waals surface area contributed by atoms with E-state index in [0.29, 0.717) is 19.4 Å². The Balaban J connectivity index is 5.09. The SMILES string of the molecule is CC(C)C(NC(=O)C(CS)NC(=O)C(N)CS)C(=O)NC(CCCCN)C(=O)O. The molecule has 4 atom stereocenters. The van der Waals surface area contributed by atoms with Gasteiger partial charge < -0.3 is 32.5 Å². The minimum Gasteiger partial charge on any atom is -0.480 e. The van der Waals surface area contributed by atoms with Crippen molar-refractivity contribution in [2.24, 2.45) is 17.4 Å². The molecular formula is C17H33N5O5S2. The first-order valence-electron chi connectivity index (χ1n) is 9.40. The molecule has 12 heteroatoms. The molecule has 0 aromatic rings. The molecule has 0 heterocycles. The summed E-state index contributed by atoms with van der Waals surface area (Å²) in [5.74, 6) is -3.21. The lowest BCUT2D eigenvalue weighted by atomic mass is 10.0. The quantitative estimate of drug-likeness (QED) is 0.117. The lowest BCUT2D eigenvalue weighted by Crippen LogP contribution is -2.59. The van der Waals surface area contributed by atoms with Gasteiger partial charge in [-0.05, 0) is 31.7 Å². The second-order valence-corrected chi connectivity index (χ2v) is 7.68. The van der Waals surface area contributed by atoms with Crippen molar-refractivity contribution in [3.05, 3.63) is 0 Å². The summed E-state index contributed by atoms with van der Waals surface area (Å²) in [6, 6.07) is -3.97. The van der Waals surface area contributed by atoms with Gasteiger partial charge in [-0.15, -0.1) is 0 Å². The maximum absolute atomic E-state index is 12.6. The topological polar surface area (TPSA) is 177 Å². The number of hydrogen-bond acceptors (Lipinski definition) is 8. The van der Waals surface area contributed by atoms with Crippen molar-refractivity contribution in [3.8, 4) is 0 Å². The first kappa shape index (κ1) is 27.5. The van der Waals surface area contributed by atoms with Gasteiger partial charge in [-0.1, -0.05) is 13.8 Å². The van der Waals surface area contributed by atoms with Crippen molar-refractivity contribution >= 4 is 48.9 Å². The fourth-order valence-corrected chi connectivity index (χ4v) is 2.78. The fraction of sp³-hybridized carbons (Fsp3) is 0.765. The zero-order valence-electron chi connectivity index (χ0n) is 16.8. The summed E-state index contributed by atoms with van der Waals surface area (Å²) >= 11 is 7.99. The van der Waals surface area contributed by atoms with Crippen LogP contribution in [0.4, 0.5) is 0 Å². The van der Waals surface area contributed by atoms with E-state index < -0.39 is 47.9 Å². The van der Waals surface area contributed by atoms with E-state index in [1.165, 1.54) is 0 Å². The Kier molecular flexibility index (Phi) is 13.7. The van der Waals surface area contributed by atoms with Gasteiger partial charge in [0.25, 0.3) is 0 Å². The minimum atomic E-state index is -1.16. The highest BCUT2D eigenvalue weighted by Crippen LogP contribution is 2.07. The molecule has 8 N–H and O–H groups in total. The van der Waals surface area contributed by atoms with Crippen LogP contribution in [0.15, 0.2) is 0 Å². The summed E-state index contributed by atoms with van der Waals surface area (Å²) in [5, 5.41) is 16.8. The summed E-state index contributed by atoms with van der Waals surface area (Å²) in [6.07, 6.45) is 1.42. The molecule has 0 aromatic carbocycles. The van der Waals surface area contributed by atoms with E-state index >= 15 is 0 Å². The van der Waals surface area contributed by atoms with Gasteiger partial charge >= 0.3 is 5.97 Å². The Morgan fingerprint density at radius 3 is 1.93 bits per heavy atom. The molecule has 3 amide bonds. The smallest absolute Gasteiger partial charge is 0.326 e. The molecule has 0 saturated heterocycles. The molecule has 29 heavy (non-hydrogen) atoms. The molecule has 0 spiro atoms. The number of amides is 3. The second kappa shape index (κ2) is 14.5. The van der Waals surface area contributed by atoms with E-state index in [1.54, 1.807) is 13.8 Å². The van der Waals surface area contributed by atoms with Crippen LogP contribution >= 0.6 is 25.3 Å². The molecule has 0 aromatic heterocycles. The van der Waals surface area contributed by atoms with Gasteiger partial charge in [0.15, 0.2) is 0 Å². The number of rotatable bonds is 14. The monoisotopic (exact) mass is 451 g/mol. The Morgan fingerprint density at radius 1 is 0.897 bits per heavy atom. The van der Waals surface area contributed by atoms with E-state index in [1.807, 2.05) is 0 Å². The molecule has 0 aliphatic rings. The zero-order chi connectivity index (χ0) is 22.6. The summed E-state index contributed by atoms with van der Waals surface area (Å²) in [4.78, 5) is 48.4. The number of hydrogen-bond donors (Lipinski definition) is 8. The highest BCUT2D eigenvalue weighted by atomic mass is 32.1. The molecule has 0 bridgehead atoms. The van der Waals surface area contributed by atoms with Crippen LogP contribution in [0.25, 0.3) is 0 Å². The lowest BCUT2D eigenvalue weighted by Gasteiger charge is -2.26. The standard InChI is InChI=1S/C17H33N5O5S2/c1-9(2)13(16(25)20-11(17(26)27)5-3-4-6-18)22-15(24)12(8-29)21-14(23)10(19)7-28/h9-13,28-29H,3-8,18-19H2,1-2H3,(H,20,25)(H,21,23)(H,22,24)(H,26,27). The van der Waals surface area contributed by atoms with Gasteiger partial charge in [-0.25, -0.2) is 4.79 Å². The third-order valence-corrected chi connectivity index (χ3v) is 4.92. The summed E-state index contributed by atoms with van der Waals surface area (Å²) < 4.78 is 0. The number of aliphatic carboxylic acids is 1. The molecule has 0 radical (unpaired) electrons. The Morgan fingerprint density at radius 2 is 1.48 bits per heavy atom. The third kappa shape index (κ3) is 10.2. The summed E-state index contributed by atoms with van der Waals surface area (Å²) in [7, 11) is 0. The van der Waals surface area contributed by atoms with Crippen LogP contribution in [-0.4, -0.2) is 71.0 Å². The van der Waals surface area contributed by atoms with E-state index in [-0.39, 0.29) is 23.8 Å². The lowest BCUT2D eigenvalue weighted by molar-refractivity contribution is -0.142. The molecule has 0 aliphatic carbocycles. The van der Waals surface area contributed by atoms with Gasteiger partial charge in [0.1, 0.15) is 18.1 Å². The summed E-state index contributed by atoms with van der Waals surface area (Å²) in [5.41, 5.74) is 11.0. The largest absolute Gasteiger partial charge is 0.480 e. The number of unbranched alkanes of at least 4 members (excludes halogenated alkanes) is 1. The number of nitrogens with two attached hydrogens (primary N) is 2. The average molecular weight is 452 g/mol. The second-order valence-electron chi connectivity index (χ2n) is 6.95. The van der Waals surface area contributed by atoms with Crippen LogP contribution in [-0.2, 0) is 19.2 Å². The van der Waals surface area contributed by atoms with Crippen molar-refractivity contribution in [2.75, 3.05) is 18.1 Å². The molecule has 10 nitrogen and oxygen atoms in total. The number of nitrogens with one attached hydrogen (secondary N) is 3. The molecule has 0 saturated carbocycles. The number of carboxylic acids is 1. The van der Waals surface area contributed by atoms with Gasteiger partial charge in [-0.2, -0.15) is 25.3 Å². The van der Waals surface area contributed by atoms with Crippen LogP contribution in [0.1, 0.15) is 33.1 Å².